The van der Waals surface area contributed by atoms with Crippen LogP contribution < -0.4 is 0 Å². The fourth-order valence-electron chi connectivity index (χ4n) is 1.49. The fourth-order valence-corrected chi connectivity index (χ4v) is 1.49. The van der Waals surface area contributed by atoms with E-state index in [0.29, 0.717) is 0 Å². The van der Waals surface area contributed by atoms with Gasteiger partial charge in [0.2, 0.25) is 0 Å². The summed E-state index contributed by atoms with van der Waals surface area (Å²) in [6, 6.07) is 3.17. The molecule has 17 heavy (non-hydrogen) atoms. The normalized spacial score (nSPS) is 11.1. The smallest absolute Gasteiger partial charge is 0.315 e. The van der Waals surface area contributed by atoms with Crippen molar-refractivity contribution in [3.05, 3.63) is 39.7 Å². The molecule has 0 aliphatic rings. The van der Waals surface area contributed by atoms with Gasteiger partial charge in [-0.1, -0.05) is 0 Å². The second-order valence-electron chi connectivity index (χ2n) is 4.04. The number of benzene rings is 1. The van der Waals surface area contributed by atoms with Crippen LogP contribution in [0, 0.1) is 15.9 Å². The first-order chi connectivity index (χ1) is 7.80. The molecule has 0 aliphatic carbocycles. The highest BCUT2D eigenvalue weighted by Crippen LogP contribution is 2.29. The first-order valence-corrected chi connectivity index (χ1v) is 4.83. The van der Waals surface area contributed by atoms with Crippen LogP contribution in [0.2, 0.25) is 0 Å². The van der Waals surface area contributed by atoms with Crippen LogP contribution in [0.1, 0.15) is 19.4 Å². The van der Waals surface area contributed by atoms with Gasteiger partial charge in [0.15, 0.2) is 0 Å². The van der Waals surface area contributed by atoms with Crippen LogP contribution in [-0.2, 0) is 14.9 Å². The second kappa shape index (κ2) is 4.48. The van der Waals surface area contributed by atoms with Crippen LogP contribution in [-0.4, -0.2) is 18.0 Å². The number of non-ortho nitro benzene ring substituents is 1. The number of rotatable bonds is 3. The number of nitro groups is 1. The first kappa shape index (κ1) is 13.1. The molecule has 0 aliphatic heterocycles. The SMILES string of the molecule is COC(=O)C(C)(C)c1ccc([N+](=O)[O-])cc1F. The molecule has 6 heteroatoms. The van der Waals surface area contributed by atoms with Gasteiger partial charge in [-0.05, 0) is 19.9 Å². The summed E-state index contributed by atoms with van der Waals surface area (Å²) >= 11 is 0. The maximum Gasteiger partial charge on any atom is 0.315 e. The first-order valence-electron chi connectivity index (χ1n) is 4.83. The largest absolute Gasteiger partial charge is 0.468 e. The topological polar surface area (TPSA) is 69.4 Å². The van der Waals surface area contributed by atoms with Crippen LogP contribution >= 0.6 is 0 Å². The Labute approximate surface area is 97.3 Å². The zero-order valence-corrected chi connectivity index (χ0v) is 9.69. The van der Waals surface area contributed by atoms with E-state index in [9.17, 15) is 19.3 Å². The van der Waals surface area contributed by atoms with Crippen molar-refractivity contribution in [2.75, 3.05) is 7.11 Å². The van der Waals surface area contributed by atoms with Gasteiger partial charge in [0, 0.05) is 11.6 Å². The van der Waals surface area contributed by atoms with E-state index < -0.39 is 22.1 Å². The second-order valence-corrected chi connectivity index (χ2v) is 4.04. The Hall–Kier alpha value is -1.98. The van der Waals surface area contributed by atoms with Crippen LogP contribution in [0.15, 0.2) is 18.2 Å². The van der Waals surface area contributed by atoms with Crippen molar-refractivity contribution in [2.45, 2.75) is 19.3 Å². The molecule has 1 aromatic rings. The van der Waals surface area contributed by atoms with Gasteiger partial charge in [-0.2, -0.15) is 0 Å². The van der Waals surface area contributed by atoms with Crippen molar-refractivity contribution >= 4 is 11.7 Å². The maximum absolute atomic E-state index is 13.7. The van der Waals surface area contributed by atoms with E-state index in [4.69, 9.17) is 0 Å². The minimum Gasteiger partial charge on any atom is -0.468 e. The molecule has 5 nitrogen and oxygen atoms in total. The van der Waals surface area contributed by atoms with Gasteiger partial charge in [0.1, 0.15) is 5.82 Å². The van der Waals surface area contributed by atoms with Gasteiger partial charge in [0.05, 0.1) is 23.5 Å². The molecule has 0 unspecified atom stereocenters. The molecule has 1 rings (SSSR count). The number of nitrogens with zero attached hydrogens (tertiary/aromatic N) is 1. The summed E-state index contributed by atoms with van der Waals surface area (Å²) in [5.74, 6) is -1.40. The molecule has 0 amide bonds. The molecular weight excluding hydrogens is 229 g/mol. The third kappa shape index (κ3) is 2.41. The van der Waals surface area contributed by atoms with Gasteiger partial charge in [0.25, 0.3) is 5.69 Å². The molecule has 0 aromatic heterocycles. The van der Waals surface area contributed by atoms with Crippen LogP contribution in [0.25, 0.3) is 0 Å². The molecule has 0 saturated heterocycles. The molecule has 0 fully saturated rings. The highest BCUT2D eigenvalue weighted by molar-refractivity contribution is 5.82. The van der Waals surface area contributed by atoms with Crippen LogP contribution in [0.5, 0.6) is 0 Å². The van der Waals surface area contributed by atoms with Gasteiger partial charge < -0.3 is 4.74 Å². The van der Waals surface area contributed by atoms with Gasteiger partial charge >= 0.3 is 5.97 Å². The number of carbonyl (C=O) groups excluding carboxylic acids is 1. The highest BCUT2D eigenvalue weighted by atomic mass is 19.1. The predicted molar refractivity (Wildman–Crippen MR) is 58.1 cm³/mol. The quantitative estimate of drug-likeness (QED) is 0.462. The van der Waals surface area contributed by atoms with E-state index in [-0.39, 0.29) is 11.3 Å². The third-order valence-electron chi connectivity index (χ3n) is 2.53. The summed E-state index contributed by atoms with van der Waals surface area (Å²) in [5.41, 5.74) is -1.48. The molecule has 0 spiro atoms. The average molecular weight is 241 g/mol. The van der Waals surface area contributed by atoms with Crippen molar-refractivity contribution in [3.63, 3.8) is 0 Å². The average Bonchev–Trinajstić information content (AvgIpc) is 2.27. The number of hydrogen-bond donors (Lipinski definition) is 0. The van der Waals surface area contributed by atoms with E-state index in [2.05, 4.69) is 4.74 Å². The lowest BCUT2D eigenvalue weighted by atomic mass is 9.84. The fraction of sp³-hybridized carbons (Fsp3) is 0.364. The van der Waals surface area contributed by atoms with E-state index in [1.165, 1.54) is 27.0 Å². The summed E-state index contributed by atoms with van der Waals surface area (Å²) in [7, 11) is 1.20. The zero-order chi connectivity index (χ0) is 13.2. The van der Waals surface area contributed by atoms with Crippen molar-refractivity contribution in [2.24, 2.45) is 0 Å². The summed E-state index contributed by atoms with van der Waals surface area (Å²) in [6.45, 7) is 2.98. The third-order valence-corrected chi connectivity index (χ3v) is 2.53. The molecular formula is C11H12FNO4. The van der Waals surface area contributed by atoms with Gasteiger partial charge in [-0.15, -0.1) is 0 Å². The summed E-state index contributed by atoms with van der Waals surface area (Å²) in [6.07, 6.45) is 0. The molecule has 0 radical (unpaired) electrons. The van der Waals surface area contributed by atoms with Crippen LogP contribution in [0.4, 0.5) is 10.1 Å². The summed E-state index contributed by atoms with van der Waals surface area (Å²) < 4.78 is 18.3. The Kier molecular flexibility index (Phi) is 3.45. The van der Waals surface area contributed by atoms with Crippen molar-refractivity contribution < 1.29 is 18.8 Å². The maximum atomic E-state index is 13.7. The predicted octanol–water partition coefficient (Wildman–Crippen LogP) is 2.18. The highest BCUT2D eigenvalue weighted by Gasteiger charge is 2.34. The van der Waals surface area contributed by atoms with E-state index in [1.807, 2.05) is 0 Å². The summed E-state index contributed by atoms with van der Waals surface area (Å²) in [5, 5.41) is 10.5. The minimum atomic E-state index is -1.19. The number of hydrogen-bond acceptors (Lipinski definition) is 4. The number of nitro benzene ring substituents is 1. The van der Waals surface area contributed by atoms with E-state index >= 15 is 0 Å². The Balaban J connectivity index is 3.25. The zero-order valence-electron chi connectivity index (χ0n) is 9.69. The molecule has 0 heterocycles. The van der Waals surface area contributed by atoms with Gasteiger partial charge in [-0.25, -0.2) is 4.39 Å². The lowest BCUT2D eigenvalue weighted by molar-refractivity contribution is -0.385. The Morgan fingerprint density at radius 1 is 1.47 bits per heavy atom. The lowest BCUT2D eigenvalue weighted by Gasteiger charge is -2.22. The number of ether oxygens (including phenoxy) is 1. The van der Waals surface area contributed by atoms with Gasteiger partial charge in [-0.3, -0.25) is 14.9 Å². The van der Waals surface area contributed by atoms with Crippen LogP contribution in [0.3, 0.4) is 0 Å². The van der Waals surface area contributed by atoms with E-state index in [1.54, 1.807) is 0 Å². The lowest BCUT2D eigenvalue weighted by Crippen LogP contribution is -2.31. The minimum absolute atomic E-state index is 0.0648. The van der Waals surface area contributed by atoms with E-state index in [0.717, 1.165) is 12.1 Å². The Morgan fingerprint density at radius 3 is 2.47 bits per heavy atom. The molecule has 0 bridgehead atoms. The number of methoxy groups -OCH3 is 1. The number of carbonyl (C=O) groups is 1. The molecule has 0 atom stereocenters. The molecule has 0 saturated carbocycles. The number of esters is 1. The molecule has 92 valence electrons. The Bertz CT molecular complexity index is 471. The monoisotopic (exact) mass is 241 g/mol. The summed E-state index contributed by atoms with van der Waals surface area (Å²) in [4.78, 5) is 21.2. The molecule has 1 aromatic carbocycles. The Morgan fingerprint density at radius 2 is 2.06 bits per heavy atom. The number of halogens is 1. The van der Waals surface area contributed by atoms with Crippen molar-refractivity contribution in [1.29, 1.82) is 0 Å². The standard InChI is InChI=1S/C11H12FNO4/c1-11(2,10(14)17-3)8-5-4-7(13(15)16)6-9(8)12/h4-6H,1-3H3. The van der Waals surface area contributed by atoms with Crippen molar-refractivity contribution in [1.82, 2.24) is 0 Å². The van der Waals surface area contributed by atoms with Crippen molar-refractivity contribution in [3.8, 4) is 0 Å². The molecule has 0 N–H and O–H groups in total.